The predicted octanol–water partition coefficient (Wildman–Crippen LogP) is 3.67. The second kappa shape index (κ2) is 13.2. The molecule has 6 aliphatic rings. The molecule has 6 aliphatic carbocycles. The quantitative estimate of drug-likeness (QED) is 0.364. The van der Waals surface area contributed by atoms with Crippen LogP contribution in [0.15, 0.2) is 71.8 Å². The van der Waals surface area contributed by atoms with Gasteiger partial charge in [-0.15, -0.1) is 53.1 Å². The van der Waals surface area contributed by atoms with E-state index in [0.29, 0.717) is 5.41 Å². The first-order valence-corrected chi connectivity index (χ1v) is 15.7. The Bertz CT molecular complexity index is 1220. The molecule has 0 aromatic heterocycles. The van der Waals surface area contributed by atoms with Crippen LogP contribution in [0.2, 0.25) is 0 Å². The van der Waals surface area contributed by atoms with Crippen LogP contribution in [-0.2, 0) is 24.2 Å². The van der Waals surface area contributed by atoms with Gasteiger partial charge in [0.2, 0.25) is 0 Å². The Hall–Kier alpha value is -0.877. The first-order chi connectivity index (χ1) is 17.6. The molecular formula is C35H40Cl2Zr-2. The summed E-state index contributed by atoms with van der Waals surface area (Å²) in [5, 5.41) is 5.39. The molecule has 0 N–H and O–H groups in total. The largest absolute Gasteiger partial charge is 0.126 e. The molecule has 3 heteroatoms. The van der Waals surface area contributed by atoms with Crippen molar-refractivity contribution in [3.8, 4) is 0 Å². The summed E-state index contributed by atoms with van der Waals surface area (Å²) in [7, 11) is 0. The van der Waals surface area contributed by atoms with E-state index in [0.717, 1.165) is 24.2 Å². The normalized spacial score (nSPS) is 28.8. The monoisotopic (exact) mass is 620 g/mol. The molecule has 200 valence electrons. The van der Waals surface area contributed by atoms with Crippen LogP contribution in [0.5, 0.6) is 0 Å². The minimum atomic E-state index is 0. The summed E-state index contributed by atoms with van der Waals surface area (Å²) >= 11 is 1.69. The maximum Gasteiger partial charge on any atom is -0.0771 e. The molecule has 0 amide bonds. The van der Waals surface area contributed by atoms with Gasteiger partial charge >= 0.3 is 59.5 Å². The van der Waals surface area contributed by atoms with Crippen molar-refractivity contribution in [1.82, 2.24) is 0 Å². The number of rotatable bonds is 1. The molecule has 0 nitrogen and oxygen atoms in total. The third-order valence-corrected chi connectivity index (χ3v) is 10.9. The Labute approximate surface area is 257 Å². The van der Waals surface area contributed by atoms with Crippen molar-refractivity contribution in [3.63, 3.8) is 0 Å². The van der Waals surface area contributed by atoms with Crippen LogP contribution >= 0.6 is 0 Å². The van der Waals surface area contributed by atoms with Gasteiger partial charge in [-0.2, -0.15) is 6.08 Å². The fraction of sp³-hybridized carbons (Fsp3) is 0.486. The summed E-state index contributed by atoms with van der Waals surface area (Å²) in [6.07, 6.45) is 23.6. The molecular weight excluding hydrogens is 583 g/mol. The van der Waals surface area contributed by atoms with Gasteiger partial charge in [0.1, 0.15) is 0 Å². The Balaban J connectivity index is 0.000000139. The molecule has 0 saturated heterocycles. The van der Waals surface area contributed by atoms with Crippen LogP contribution in [0.25, 0.3) is 21.5 Å². The zero-order valence-corrected chi connectivity index (χ0v) is 26.7. The molecule has 38 heavy (non-hydrogen) atoms. The topological polar surface area (TPSA) is 0 Å². The Morgan fingerprint density at radius 1 is 0.763 bits per heavy atom. The van der Waals surface area contributed by atoms with Crippen LogP contribution in [0, 0.1) is 29.2 Å². The SMILES string of the molecule is CC1=CC[C-]=C1C12CC3CC(CC(C3)C1)C2.[Cl-].[Cl-].[Zr+2]=[C]1CCCCC1.c1ccc2c(c1)[cH-]c1ccccc12. The molecule has 0 heterocycles. The number of fused-ring (bicyclic) bond motifs is 3. The Morgan fingerprint density at radius 3 is 1.68 bits per heavy atom. The van der Waals surface area contributed by atoms with Gasteiger partial charge in [0, 0.05) is 0 Å². The van der Waals surface area contributed by atoms with Gasteiger partial charge in [0.15, 0.2) is 0 Å². The van der Waals surface area contributed by atoms with E-state index >= 15 is 0 Å². The third kappa shape index (κ3) is 6.37. The summed E-state index contributed by atoms with van der Waals surface area (Å²) in [5.41, 5.74) is 3.79. The smallest absolute Gasteiger partial charge is 0.0771 e. The van der Waals surface area contributed by atoms with E-state index in [-0.39, 0.29) is 24.8 Å². The van der Waals surface area contributed by atoms with Gasteiger partial charge in [-0.25, -0.2) is 11.1 Å². The summed E-state index contributed by atoms with van der Waals surface area (Å²) in [6.45, 7) is 2.31. The molecule has 0 aliphatic heterocycles. The fourth-order valence-corrected chi connectivity index (χ4v) is 9.32. The molecule has 0 unspecified atom stereocenters. The summed E-state index contributed by atoms with van der Waals surface area (Å²) in [5.74, 6) is 3.19. The minimum absolute atomic E-state index is 0. The van der Waals surface area contributed by atoms with Crippen LogP contribution in [0.1, 0.15) is 84.0 Å². The van der Waals surface area contributed by atoms with Gasteiger partial charge in [-0.1, -0.05) is 36.4 Å². The average molecular weight is 623 g/mol. The van der Waals surface area contributed by atoms with Gasteiger partial charge < -0.3 is 24.8 Å². The molecule has 3 aromatic carbocycles. The molecule has 5 fully saturated rings. The van der Waals surface area contributed by atoms with E-state index in [4.69, 9.17) is 0 Å². The van der Waals surface area contributed by atoms with Crippen molar-refractivity contribution in [2.75, 3.05) is 0 Å². The van der Waals surface area contributed by atoms with Crippen LogP contribution in [-0.4, -0.2) is 3.21 Å². The second-order valence-corrected chi connectivity index (χ2v) is 14.1. The van der Waals surface area contributed by atoms with E-state index in [9.17, 15) is 0 Å². The zero-order valence-electron chi connectivity index (χ0n) is 22.7. The van der Waals surface area contributed by atoms with E-state index < -0.39 is 0 Å². The van der Waals surface area contributed by atoms with Gasteiger partial charge in [0.05, 0.1) is 0 Å². The molecule has 5 saturated carbocycles. The standard InChI is InChI=1S/C16H21.C13H9.C6H10.2ClH.Zr/c1-11-3-2-4-15(11)16-8-12-5-13(9-16)7-14(6-12)10-16;1-3-7-12-10(5-1)9-11-6-2-4-8-13(11)12;1-2-4-6-5-3-1;;;/h3,12-14H,2,5-10H2,1H3;1-9H;1-5H2;2*1H;/q2*-1;;;;+2/p-2. The summed E-state index contributed by atoms with van der Waals surface area (Å²) in [4.78, 5) is 0. The molecule has 0 spiro atoms. The molecule has 0 atom stereocenters. The first kappa shape index (κ1) is 30.1. The maximum atomic E-state index is 3.69. The Morgan fingerprint density at radius 2 is 1.26 bits per heavy atom. The molecule has 0 radical (unpaired) electrons. The number of halogens is 2. The van der Waals surface area contributed by atoms with Gasteiger partial charge in [-0.05, 0) is 61.7 Å². The average Bonchev–Trinajstić information content (AvgIpc) is 3.48. The minimum Gasteiger partial charge on any atom is -0.126 e. The van der Waals surface area contributed by atoms with E-state index in [1.54, 1.807) is 57.8 Å². The van der Waals surface area contributed by atoms with Crippen LogP contribution in [0.4, 0.5) is 0 Å². The summed E-state index contributed by atoms with van der Waals surface area (Å²) < 4.78 is 1.80. The zero-order chi connectivity index (χ0) is 24.5. The van der Waals surface area contributed by atoms with Crippen molar-refractivity contribution in [2.24, 2.45) is 23.2 Å². The fourth-order valence-electron chi connectivity index (χ4n) is 8.45. The maximum absolute atomic E-state index is 3.69. The van der Waals surface area contributed by atoms with E-state index in [1.807, 2.05) is 0 Å². The van der Waals surface area contributed by atoms with Crippen molar-refractivity contribution in [2.45, 2.75) is 84.0 Å². The Kier molecular flexibility index (Phi) is 10.4. The van der Waals surface area contributed by atoms with Gasteiger partial charge in [0.25, 0.3) is 0 Å². The number of hydrogen-bond acceptors (Lipinski definition) is 0. The number of allylic oxidation sites excluding steroid dienone is 4. The third-order valence-electron chi connectivity index (χ3n) is 9.63. The van der Waals surface area contributed by atoms with E-state index in [2.05, 4.69) is 73.7 Å². The van der Waals surface area contributed by atoms with Gasteiger partial charge in [-0.3, -0.25) is 6.08 Å². The van der Waals surface area contributed by atoms with Crippen LogP contribution in [0.3, 0.4) is 0 Å². The van der Waals surface area contributed by atoms with Crippen molar-refractivity contribution < 1.29 is 49.0 Å². The number of hydrogen-bond donors (Lipinski definition) is 0. The van der Waals surface area contributed by atoms with Crippen molar-refractivity contribution >= 4 is 24.8 Å². The first-order valence-electron chi connectivity index (χ1n) is 14.5. The van der Waals surface area contributed by atoms with Crippen molar-refractivity contribution in [1.29, 1.82) is 0 Å². The molecule has 3 aromatic rings. The molecule has 4 bridgehead atoms. The second-order valence-electron chi connectivity index (χ2n) is 12.3. The molecule has 9 rings (SSSR count). The number of benzene rings is 2. The van der Waals surface area contributed by atoms with Crippen LogP contribution < -0.4 is 24.8 Å². The van der Waals surface area contributed by atoms with Crippen molar-refractivity contribution in [3.05, 3.63) is 77.9 Å². The predicted molar refractivity (Wildman–Crippen MR) is 151 cm³/mol. The summed E-state index contributed by atoms with van der Waals surface area (Å²) in [6, 6.07) is 19.3. The van der Waals surface area contributed by atoms with E-state index in [1.165, 1.54) is 72.9 Å².